The zero-order valence-corrected chi connectivity index (χ0v) is 13.5. The van der Waals surface area contributed by atoms with Gasteiger partial charge in [0.1, 0.15) is 5.82 Å². The van der Waals surface area contributed by atoms with Crippen LogP contribution in [0.1, 0.15) is 34.9 Å². The third kappa shape index (κ3) is 2.79. The smallest absolute Gasteiger partial charge is 0.171 e. The first-order valence-corrected chi connectivity index (χ1v) is 8.78. The summed E-state index contributed by atoms with van der Waals surface area (Å²) in [5.74, 6) is -0.0969. The highest BCUT2D eigenvalue weighted by Gasteiger charge is 2.40. The van der Waals surface area contributed by atoms with Crippen molar-refractivity contribution in [3.8, 4) is 5.06 Å². The molecule has 2 aromatic rings. The van der Waals surface area contributed by atoms with Crippen molar-refractivity contribution in [2.24, 2.45) is 5.92 Å². The Kier molecular flexibility index (Phi) is 3.70. The van der Waals surface area contributed by atoms with Crippen LogP contribution in [0.15, 0.2) is 30.3 Å². The maximum absolute atomic E-state index is 14.3. The van der Waals surface area contributed by atoms with E-state index in [0.717, 1.165) is 24.8 Å². The van der Waals surface area contributed by atoms with Crippen molar-refractivity contribution < 1.29 is 14.3 Å². The van der Waals surface area contributed by atoms with Gasteiger partial charge in [0, 0.05) is 29.4 Å². The van der Waals surface area contributed by atoms with E-state index in [1.807, 2.05) is 0 Å². The van der Waals surface area contributed by atoms with Crippen LogP contribution in [0.25, 0.3) is 0 Å². The van der Waals surface area contributed by atoms with Crippen LogP contribution in [0.5, 0.6) is 5.06 Å². The normalized spacial score (nSPS) is 19.3. The van der Waals surface area contributed by atoms with E-state index in [9.17, 15) is 14.3 Å². The molecule has 0 amide bonds. The number of hydrogen-bond acceptors (Lipinski definition) is 4. The monoisotopic (exact) mass is 331 g/mol. The van der Waals surface area contributed by atoms with E-state index in [2.05, 4.69) is 4.90 Å². The summed E-state index contributed by atoms with van der Waals surface area (Å²) >= 11 is 1.40. The lowest BCUT2D eigenvalue weighted by Gasteiger charge is -2.34. The third-order valence-electron chi connectivity index (χ3n) is 4.70. The van der Waals surface area contributed by atoms with Gasteiger partial charge in [-0.2, -0.15) is 0 Å². The van der Waals surface area contributed by atoms with Crippen LogP contribution >= 0.6 is 11.3 Å². The Morgan fingerprint density at radius 2 is 2.13 bits per heavy atom. The van der Waals surface area contributed by atoms with E-state index < -0.39 is 6.04 Å². The quantitative estimate of drug-likeness (QED) is 0.929. The number of aromatic hydroxyl groups is 1. The fourth-order valence-corrected chi connectivity index (χ4v) is 4.28. The molecule has 1 fully saturated rings. The number of thiophene rings is 1. The van der Waals surface area contributed by atoms with Crippen molar-refractivity contribution >= 4 is 17.1 Å². The van der Waals surface area contributed by atoms with Gasteiger partial charge in [0.2, 0.25) is 0 Å². The van der Waals surface area contributed by atoms with Gasteiger partial charge in [-0.3, -0.25) is 9.69 Å². The molecule has 0 saturated heterocycles. The molecule has 2 aliphatic rings. The van der Waals surface area contributed by atoms with Crippen LogP contribution in [-0.2, 0) is 17.8 Å². The Morgan fingerprint density at radius 1 is 1.35 bits per heavy atom. The molecular formula is C18H18FNO2S. The molecule has 0 radical (unpaired) electrons. The average Bonchev–Trinajstić information content (AvgIpc) is 3.31. The largest absolute Gasteiger partial charge is 0.499 e. The molecule has 1 aromatic carbocycles. The van der Waals surface area contributed by atoms with Crippen molar-refractivity contribution in [3.05, 3.63) is 52.2 Å². The maximum Gasteiger partial charge on any atom is 0.171 e. The topological polar surface area (TPSA) is 40.5 Å². The van der Waals surface area contributed by atoms with E-state index in [1.54, 1.807) is 24.3 Å². The van der Waals surface area contributed by atoms with Gasteiger partial charge in [-0.25, -0.2) is 4.39 Å². The summed E-state index contributed by atoms with van der Waals surface area (Å²) in [7, 11) is 0. The van der Waals surface area contributed by atoms with Gasteiger partial charge in [0.25, 0.3) is 0 Å². The summed E-state index contributed by atoms with van der Waals surface area (Å²) in [6, 6.07) is 7.85. The van der Waals surface area contributed by atoms with E-state index >= 15 is 0 Å². The molecule has 1 aromatic heterocycles. The summed E-state index contributed by atoms with van der Waals surface area (Å²) in [5.41, 5.74) is 1.54. The minimum absolute atomic E-state index is 0.0804. The Balaban J connectivity index is 1.68. The van der Waals surface area contributed by atoms with Gasteiger partial charge in [-0.1, -0.05) is 18.2 Å². The number of ketones is 1. The zero-order chi connectivity index (χ0) is 16.0. The highest BCUT2D eigenvalue weighted by molar-refractivity contribution is 7.13. The van der Waals surface area contributed by atoms with Gasteiger partial charge < -0.3 is 5.11 Å². The number of fused-ring (bicyclic) bond motifs is 1. The number of carbonyl (C=O) groups is 1. The van der Waals surface area contributed by atoms with Crippen molar-refractivity contribution in [1.82, 2.24) is 4.90 Å². The summed E-state index contributed by atoms with van der Waals surface area (Å²) in [5, 5.41) is 10.0. The molecule has 1 saturated carbocycles. The van der Waals surface area contributed by atoms with Crippen LogP contribution < -0.4 is 0 Å². The number of halogens is 1. The average molecular weight is 331 g/mol. The van der Waals surface area contributed by atoms with Crippen LogP contribution in [0.4, 0.5) is 4.39 Å². The summed E-state index contributed by atoms with van der Waals surface area (Å²) < 4.78 is 14.3. The van der Waals surface area contributed by atoms with Gasteiger partial charge in [-0.05, 0) is 37.0 Å². The zero-order valence-electron chi connectivity index (χ0n) is 12.7. The highest BCUT2D eigenvalue weighted by Crippen LogP contribution is 2.40. The summed E-state index contributed by atoms with van der Waals surface area (Å²) in [6.45, 7) is 1.30. The number of hydrogen-bond donors (Lipinski definition) is 1. The van der Waals surface area contributed by atoms with Gasteiger partial charge in [0.15, 0.2) is 10.8 Å². The van der Waals surface area contributed by atoms with Crippen molar-refractivity contribution in [3.63, 3.8) is 0 Å². The van der Waals surface area contributed by atoms with Gasteiger partial charge in [0.05, 0.1) is 6.04 Å². The Labute approximate surface area is 138 Å². The van der Waals surface area contributed by atoms with Crippen molar-refractivity contribution in [2.75, 3.05) is 6.54 Å². The molecule has 0 bridgehead atoms. The maximum atomic E-state index is 14.3. The fourth-order valence-electron chi connectivity index (χ4n) is 3.38. The molecule has 1 atom stereocenters. The first-order valence-electron chi connectivity index (χ1n) is 7.96. The molecule has 5 heteroatoms. The third-order valence-corrected chi connectivity index (χ3v) is 5.74. The molecule has 23 heavy (non-hydrogen) atoms. The van der Waals surface area contributed by atoms with Gasteiger partial charge >= 0.3 is 0 Å². The minimum atomic E-state index is -0.515. The van der Waals surface area contributed by atoms with Gasteiger partial charge in [-0.15, -0.1) is 11.3 Å². The van der Waals surface area contributed by atoms with Crippen LogP contribution in [0.3, 0.4) is 0 Å². The van der Waals surface area contributed by atoms with E-state index in [1.165, 1.54) is 22.3 Å². The second-order valence-corrected chi connectivity index (χ2v) is 7.47. The Bertz CT molecular complexity index is 753. The predicted molar refractivity (Wildman–Crippen MR) is 87.0 cm³/mol. The number of carbonyl (C=O) groups excluding carboxylic acids is 1. The molecule has 2 heterocycles. The molecule has 3 nitrogen and oxygen atoms in total. The molecule has 1 aliphatic carbocycles. The predicted octanol–water partition coefficient (Wildman–Crippen LogP) is 3.67. The van der Waals surface area contributed by atoms with E-state index in [0.29, 0.717) is 23.7 Å². The first kappa shape index (κ1) is 14.8. The molecule has 120 valence electrons. The number of Topliss-reactive ketones (excluding diaryl/α,β-unsaturated/α-hetero) is 1. The summed E-state index contributed by atoms with van der Waals surface area (Å²) in [6.07, 6.45) is 2.63. The lowest BCUT2D eigenvalue weighted by atomic mass is 9.95. The summed E-state index contributed by atoms with van der Waals surface area (Å²) in [4.78, 5) is 16.1. The molecule has 0 spiro atoms. The second kappa shape index (κ2) is 5.73. The molecular weight excluding hydrogens is 313 g/mol. The lowest BCUT2D eigenvalue weighted by molar-refractivity contribution is -0.126. The van der Waals surface area contributed by atoms with Crippen molar-refractivity contribution in [2.45, 2.75) is 31.8 Å². The Hall–Kier alpha value is -1.72. The van der Waals surface area contributed by atoms with Crippen LogP contribution in [0, 0.1) is 11.7 Å². The number of rotatable bonds is 4. The number of nitrogens with zero attached hydrogens (tertiary/aromatic N) is 1. The molecule has 1 aliphatic heterocycles. The first-order chi connectivity index (χ1) is 11.1. The standard InChI is InChI=1S/C18H18FNO2S/c19-14-4-2-1-3-13(14)17(18(22)11-5-6-11)20-8-7-15-12(10-20)9-16(21)23-15/h1-4,9,11,17,21H,5-8,10H2. The van der Waals surface area contributed by atoms with Crippen molar-refractivity contribution in [1.29, 1.82) is 0 Å². The van der Waals surface area contributed by atoms with Crippen LogP contribution in [-0.4, -0.2) is 22.3 Å². The minimum Gasteiger partial charge on any atom is -0.499 e. The molecule has 1 unspecified atom stereocenters. The second-order valence-electron chi connectivity index (χ2n) is 6.35. The van der Waals surface area contributed by atoms with Crippen LogP contribution in [0.2, 0.25) is 0 Å². The van der Waals surface area contributed by atoms with E-state index in [-0.39, 0.29) is 17.5 Å². The molecule has 1 N–H and O–H groups in total. The Morgan fingerprint density at radius 3 is 2.87 bits per heavy atom. The lowest BCUT2D eigenvalue weighted by Crippen LogP contribution is -2.38. The highest BCUT2D eigenvalue weighted by atomic mass is 32.1. The fraction of sp³-hybridized carbons (Fsp3) is 0.389. The van der Waals surface area contributed by atoms with E-state index in [4.69, 9.17) is 0 Å². The SMILES string of the molecule is O=C(C1CC1)C(c1ccccc1F)N1CCc2sc(O)cc2C1. The molecule has 4 rings (SSSR count). The number of benzene rings is 1.